The van der Waals surface area contributed by atoms with Gasteiger partial charge in [-0.3, -0.25) is 19.7 Å². The van der Waals surface area contributed by atoms with E-state index in [1.807, 2.05) is 0 Å². The Morgan fingerprint density at radius 1 is 1.04 bits per heavy atom. The first-order valence-corrected chi connectivity index (χ1v) is 9.16. The minimum atomic E-state index is -0.657. The first kappa shape index (κ1) is 19.3. The maximum atomic E-state index is 13.0. The van der Waals surface area contributed by atoms with Crippen LogP contribution in [0.25, 0.3) is 6.08 Å². The van der Waals surface area contributed by atoms with Gasteiger partial charge >= 0.3 is 5.88 Å². The van der Waals surface area contributed by atoms with Crippen molar-refractivity contribution in [3.8, 4) is 0 Å². The van der Waals surface area contributed by atoms with E-state index in [1.54, 1.807) is 35.2 Å². The molecule has 1 aliphatic rings. The lowest BCUT2D eigenvalue weighted by atomic mass is 10.2. The summed E-state index contributed by atoms with van der Waals surface area (Å²) in [4.78, 5) is 37.5. The summed E-state index contributed by atoms with van der Waals surface area (Å²) in [6.45, 7) is 1.21. The molecule has 8 heteroatoms. The topological polar surface area (TPSA) is 106 Å². The van der Waals surface area contributed by atoms with E-state index in [1.165, 1.54) is 18.2 Å². The molecule has 2 amide bonds. The largest absolute Gasteiger partial charge is 0.433 e. The van der Waals surface area contributed by atoms with E-state index < -0.39 is 16.7 Å². The van der Waals surface area contributed by atoms with Crippen LogP contribution < -0.4 is 5.32 Å². The van der Waals surface area contributed by atoms with E-state index in [4.69, 9.17) is 4.42 Å². The van der Waals surface area contributed by atoms with Crippen molar-refractivity contribution in [2.45, 2.75) is 25.7 Å². The Balaban J connectivity index is 1.87. The Bertz CT molecular complexity index is 880. The van der Waals surface area contributed by atoms with E-state index in [-0.39, 0.29) is 17.4 Å². The second-order valence-electron chi connectivity index (χ2n) is 6.52. The van der Waals surface area contributed by atoms with Crippen molar-refractivity contribution in [3.05, 3.63) is 69.6 Å². The first-order valence-electron chi connectivity index (χ1n) is 9.16. The van der Waals surface area contributed by atoms with Crippen LogP contribution in [0.1, 0.15) is 41.8 Å². The van der Waals surface area contributed by atoms with Gasteiger partial charge in [-0.2, -0.15) is 0 Å². The number of hydrogen-bond donors (Lipinski definition) is 1. The number of furan rings is 1. The predicted octanol–water partition coefficient (Wildman–Crippen LogP) is 3.36. The third-order valence-corrected chi connectivity index (χ3v) is 4.49. The van der Waals surface area contributed by atoms with Gasteiger partial charge in [0, 0.05) is 24.7 Å². The van der Waals surface area contributed by atoms with Crippen LogP contribution >= 0.6 is 0 Å². The van der Waals surface area contributed by atoms with Gasteiger partial charge in [-0.25, -0.2) is 0 Å². The normalized spacial score (nSPS) is 15.0. The molecule has 1 aliphatic heterocycles. The van der Waals surface area contributed by atoms with Crippen molar-refractivity contribution in [1.29, 1.82) is 0 Å². The Labute approximate surface area is 162 Å². The summed E-state index contributed by atoms with van der Waals surface area (Å²) in [6.07, 6.45) is 5.25. The van der Waals surface area contributed by atoms with Gasteiger partial charge < -0.3 is 14.6 Å². The van der Waals surface area contributed by atoms with Gasteiger partial charge in [0.15, 0.2) is 0 Å². The van der Waals surface area contributed by atoms with Crippen molar-refractivity contribution in [2.75, 3.05) is 13.1 Å². The number of benzene rings is 1. The molecule has 2 aromatic rings. The molecule has 1 aromatic heterocycles. The van der Waals surface area contributed by atoms with Crippen LogP contribution in [0.5, 0.6) is 0 Å². The predicted molar refractivity (Wildman–Crippen MR) is 102 cm³/mol. The van der Waals surface area contributed by atoms with Gasteiger partial charge in [-0.15, -0.1) is 0 Å². The second kappa shape index (κ2) is 8.98. The van der Waals surface area contributed by atoms with E-state index in [0.29, 0.717) is 18.7 Å². The lowest BCUT2D eigenvalue weighted by Crippen LogP contribution is -2.38. The minimum absolute atomic E-state index is 0.0278. The van der Waals surface area contributed by atoms with Crippen LogP contribution in [0.15, 0.2) is 52.6 Å². The molecule has 28 heavy (non-hydrogen) atoms. The SMILES string of the molecule is O=C(N/C(=C/c1ccc([N+](=O)[O-])o1)C(=O)N1CCCCCC1)c1ccccc1. The molecule has 8 nitrogen and oxygen atoms in total. The molecule has 3 rings (SSSR count). The van der Waals surface area contributed by atoms with Crippen LogP contribution in [-0.2, 0) is 4.79 Å². The molecule has 0 radical (unpaired) electrons. The van der Waals surface area contributed by atoms with Gasteiger partial charge in [0.2, 0.25) is 0 Å². The molecule has 1 aromatic carbocycles. The van der Waals surface area contributed by atoms with Gasteiger partial charge in [-0.05, 0) is 31.0 Å². The molecule has 2 heterocycles. The van der Waals surface area contributed by atoms with Crippen LogP contribution in [-0.4, -0.2) is 34.7 Å². The zero-order chi connectivity index (χ0) is 19.9. The van der Waals surface area contributed by atoms with Gasteiger partial charge in [0.1, 0.15) is 16.4 Å². The average Bonchev–Trinajstić information content (AvgIpc) is 3.01. The lowest BCUT2D eigenvalue weighted by Gasteiger charge is -2.22. The van der Waals surface area contributed by atoms with Crippen molar-refractivity contribution in [2.24, 2.45) is 0 Å². The van der Waals surface area contributed by atoms with Crippen LogP contribution in [0.4, 0.5) is 5.88 Å². The van der Waals surface area contributed by atoms with E-state index in [0.717, 1.165) is 25.7 Å². The summed E-state index contributed by atoms with van der Waals surface area (Å²) in [5, 5.41) is 13.5. The molecular weight excluding hydrogens is 362 g/mol. The number of nitrogens with zero attached hydrogens (tertiary/aromatic N) is 2. The highest BCUT2D eigenvalue weighted by atomic mass is 16.6. The van der Waals surface area contributed by atoms with Crippen LogP contribution in [0, 0.1) is 10.1 Å². The molecule has 1 saturated heterocycles. The first-order chi connectivity index (χ1) is 13.5. The monoisotopic (exact) mass is 383 g/mol. The lowest BCUT2D eigenvalue weighted by molar-refractivity contribution is -0.402. The molecule has 0 spiro atoms. The maximum Gasteiger partial charge on any atom is 0.433 e. The van der Waals surface area contributed by atoms with Crippen molar-refractivity contribution >= 4 is 23.8 Å². The number of amides is 2. The molecule has 0 aliphatic carbocycles. The number of nitro groups is 1. The summed E-state index contributed by atoms with van der Waals surface area (Å²) < 4.78 is 5.13. The van der Waals surface area contributed by atoms with E-state index >= 15 is 0 Å². The molecule has 0 atom stereocenters. The Morgan fingerprint density at radius 3 is 2.32 bits per heavy atom. The summed E-state index contributed by atoms with van der Waals surface area (Å²) >= 11 is 0. The van der Waals surface area contributed by atoms with Crippen molar-refractivity contribution < 1.29 is 18.9 Å². The summed E-state index contributed by atoms with van der Waals surface area (Å²) in [6, 6.07) is 11.1. The van der Waals surface area contributed by atoms with E-state index in [2.05, 4.69) is 5.32 Å². The molecule has 0 unspecified atom stereocenters. The zero-order valence-electron chi connectivity index (χ0n) is 15.3. The highest BCUT2D eigenvalue weighted by molar-refractivity contribution is 6.05. The van der Waals surface area contributed by atoms with Crippen LogP contribution in [0.2, 0.25) is 0 Å². The number of carbonyl (C=O) groups excluding carboxylic acids is 2. The number of rotatable bonds is 5. The van der Waals surface area contributed by atoms with Crippen molar-refractivity contribution in [1.82, 2.24) is 10.2 Å². The molecule has 1 fully saturated rings. The molecular formula is C20H21N3O5. The summed E-state index contributed by atoms with van der Waals surface area (Å²) in [5.74, 6) is -1.07. The highest BCUT2D eigenvalue weighted by Gasteiger charge is 2.23. The number of likely N-dealkylation sites (tertiary alicyclic amines) is 1. The molecule has 1 N–H and O–H groups in total. The standard InChI is InChI=1S/C20H21N3O5/c24-19(15-8-4-3-5-9-15)21-17(14-16-10-11-18(28-16)23(26)27)20(25)22-12-6-1-2-7-13-22/h3-5,8-11,14H,1-2,6-7,12-13H2,(H,21,24)/b17-14+. The number of carbonyl (C=O) groups is 2. The van der Waals surface area contributed by atoms with Gasteiger partial charge in [0.25, 0.3) is 11.8 Å². The molecule has 0 saturated carbocycles. The Hall–Kier alpha value is -3.42. The Kier molecular flexibility index (Phi) is 6.21. The fourth-order valence-corrected chi connectivity index (χ4v) is 3.04. The third-order valence-electron chi connectivity index (χ3n) is 4.49. The smallest absolute Gasteiger partial charge is 0.401 e. The zero-order valence-corrected chi connectivity index (χ0v) is 15.3. The average molecular weight is 383 g/mol. The maximum absolute atomic E-state index is 13.0. The number of hydrogen-bond acceptors (Lipinski definition) is 5. The van der Waals surface area contributed by atoms with Gasteiger partial charge in [-0.1, -0.05) is 31.0 Å². The molecule has 0 bridgehead atoms. The van der Waals surface area contributed by atoms with Gasteiger partial charge in [0.05, 0.1) is 6.07 Å². The number of nitrogens with one attached hydrogen (secondary N) is 1. The van der Waals surface area contributed by atoms with Crippen molar-refractivity contribution in [3.63, 3.8) is 0 Å². The summed E-state index contributed by atoms with van der Waals surface area (Å²) in [5.41, 5.74) is 0.433. The fraction of sp³-hybridized carbons (Fsp3) is 0.300. The minimum Gasteiger partial charge on any atom is -0.401 e. The Morgan fingerprint density at radius 2 is 1.71 bits per heavy atom. The highest BCUT2D eigenvalue weighted by Crippen LogP contribution is 2.19. The summed E-state index contributed by atoms with van der Waals surface area (Å²) in [7, 11) is 0. The quantitative estimate of drug-likeness (QED) is 0.484. The second-order valence-corrected chi connectivity index (χ2v) is 6.52. The van der Waals surface area contributed by atoms with E-state index in [9.17, 15) is 19.7 Å². The van der Waals surface area contributed by atoms with Crippen LogP contribution in [0.3, 0.4) is 0 Å². The molecule has 146 valence electrons. The third kappa shape index (κ3) is 4.85. The fourth-order valence-electron chi connectivity index (χ4n) is 3.04.